The smallest absolute Gasteiger partial charge is 0.194 e. The van der Waals surface area contributed by atoms with E-state index in [4.69, 9.17) is 0 Å². The van der Waals surface area contributed by atoms with E-state index in [1.54, 1.807) is 13.8 Å². The van der Waals surface area contributed by atoms with Gasteiger partial charge in [0.15, 0.2) is 0 Å². The van der Waals surface area contributed by atoms with Crippen LogP contribution in [0.5, 0.6) is 0 Å². The lowest BCUT2D eigenvalue weighted by Gasteiger charge is -2.17. The van der Waals surface area contributed by atoms with Crippen LogP contribution in [0.1, 0.15) is 44.2 Å². The fraction of sp³-hybridized carbons (Fsp3) is 0.538. The molecule has 0 nitrogen and oxygen atoms in total. The van der Waals surface area contributed by atoms with Gasteiger partial charge in [-0.3, -0.25) is 0 Å². The van der Waals surface area contributed by atoms with Gasteiger partial charge >= 0.3 is 6.18 Å². The summed E-state index contributed by atoms with van der Waals surface area (Å²) in [4.78, 5) is -0.0506. The van der Waals surface area contributed by atoms with E-state index in [1.165, 1.54) is 13.0 Å². The van der Waals surface area contributed by atoms with Gasteiger partial charge in [-0.25, -0.2) is 0 Å². The molecule has 0 fully saturated rings. The molecule has 1 aromatic carbocycles. The highest BCUT2D eigenvalue weighted by atomic mass is 32.2. The maximum absolute atomic E-state index is 13.3. The van der Waals surface area contributed by atoms with Crippen LogP contribution in [0.15, 0.2) is 23.1 Å². The lowest BCUT2D eigenvalue weighted by molar-refractivity contribution is -0.137. The van der Waals surface area contributed by atoms with Gasteiger partial charge in [0, 0.05) is 11.3 Å². The van der Waals surface area contributed by atoms with Gasteiger partial charge in [-0.1, -0.05) is 32.5 Å². The zero-order valence-electron chi connectivity index (χ0n) is 10.8. The lowest BCUT2D eigenvalue weighted by Crippen LogP contribution is -2.10. The van der Waals surface area contributed by atoms with E-state index in [0.717, 1.165) is 12.1 Å². The normalized spacial score (nSPS) is 13.1. The summed E-state index contributed by atoms with van der Waals surface area (Å²) in [6.45, 7) is 4.74. The number of rotatable bonds is 4. The van der Waals surface area contributed by atoms with Crippen LogP contribution < -0.4 is 0 Å². The third-order valence-electron chi connectivity index (χ3n) is 2.60. The molecule has 0 radical (unpaired) electrons. The average molecular weight is 298 g/mol. The monoisotopic (exact) mass is 298 g/mol. The van der Waals surface area contributed by atoms with Crippen molar-refractivity contribution in [2.45, 2.75) is 49.4 Å². The Balaban J connectivity index is 3.21. The van der Waals surface area contributed by atoms with Crippen LogP contribution in [0.3, 0.4) is 0 Å². The largest absolute Gasteiger partial charge is 0.416 e. The maximum Gasteiger partial charge on any atom is 0.416 e. The van der Waals surface area contributed by atoms with Crippen molar-refractivity contribution in [3.63, 3.8) is 0 Å². The molecule has 1 rings (SSSR count). The van der Waals surface area contributed by atoms with Crippen LogP contribution in [0.2, 0.25) is 0 Å². The molecule has 0 unspecified atom stereocenters. The summed E-state index contributed by atoms with van der Waals surface area (Å²) in [6, 6.07) is 3.19. The van der Waals surface area contributed by atoms with E-state index in [9.17, 15) is 22.0 Å². The zero-order chi connectivity index (χ0) is 14.8. The molecule has 0 aliphatic carbocycles. The molecule has 0 bridgehead atoms. The minimum atomic E-state index is -4.53. The number of hydrogen-bond donors (Lipinski definition) is 0. The van der Waals surface area contributed by atoms with Gasteiger partial charge in [0.25, 0.3) is 5.25 Å². The summed E-state index contributed by atoms with van der Waals surface area (Å²) in [5.41, 5.74) is -0.475. The molecule has 108 valence electrons. The van der Waals surface area contributed by atoms with Gasteiger partial charge in [0.05, 0.1) is 5.56 Å². The van der Waals surface area contributed by atoms with E-state index in [0.29, 0.717) is 5.56 Å². The van der Waals surface area contributed by atoms with Crippen LogP contribution in [-0.4, -0.2) is 5.25 Å². The fourth-order valence-corrected chi connectivity index (χ4v) is 2.29. The molecule has 0 aliphatic heterocycles. The van der Waals surface area contributed by atoms with Crippen molar-refractivity contribution < 1.29 is 22.0 Å². The molecule has 0 saturated carbocycles. The first kappa shape index (κ1) is 16.3. The minimum Gasteiger partial charge on any atom is -0.194 e. The highest BCUT2D eigenvalue weighted by molar-refractivity contribution is 8.00. The van der Waals surface area contributed by atoms with Crippen LogP contribution in [-0.2, 0) is 6.18 Å². The first-order chi connectivity index (χ1) is 8.55. The molecule has 0 N–H and O–H groups in total. The van der Waals surface area contributed by atoms with Crippen LogP contribution in [0, 0.1) is 0 Å². The molecular formula is C13H15F5S. The van der Waals surface area contributed by atoms with Crippen LogP contribution in [0.4, 0.5) is 22.0 Å². The van der Waals surface area contributed by atoms with E-state index in [2.05, 4.69) is 0 Å². The third-order valence-corrected chi connectivity index (χ3v) is 3.66. The summed E-state index contributed by atoms with van der Waals surface area (Å²) in [6.07, 6.45) is -4.95. The number of halogens is 5. The molecule has 0 aliphatic rings. The van der Waals surface area contributed by atoms with Crippen molar-refractivity contribution in [2.24, 2.45) is 0 Å². The van der Waals surface area contributed by atoms with E-state index < -0.39 is 23.4 Å². The van der Waals surface area contributed by atoms with Gasteiger partial charge in [0.1, 0.15) is 0 Å². The van der Waals surface area contributed by atoms with Gasteiger partial charge in [0.2, 0.25) is 0 Å². The Morgan fingerprint density at radius 1 is 1.05 bits per heavy atom. The Bertz CT molecular complexity index is 437. The van der Waals surface area contributed by atoms with E-state index in [1.807, 2.05) is 0 Å². The number of thioether (sulfide) groups is 1. The van der Waals surface area contributed by atoms with E-state index in [-0.39, 0.29) is 22.6 Å². The van der Waals surface area contributed by atoms with Crippen LogP contribution >= 0.6 is 11.8 Å². The molecule has 0 amide bonds. The van der Waals surface area contributed by atoms with Crippen molar-refractivity contribution >= 4 is 11.8 Å². The lowest BCUT2D eigenvalue weighted by atomic mass is 10.0. The van der Waals surface area contributed by atoms with Gasteiger partial charge in [-0.15, -0.1) is 0 Å². The molecule has 19 heavy (non-hydrogen) atoms. The van der Waals surface area contributed by atoms with E-state index >= 15 is 0 Å². The second-order valence-corrected chi connectivity index (χ2v) is 5.81. The number of hydrogen-bond acceptors (Lipinski definition) is 1. The van der Waals surface area contributed by atoms with Crippen LogP contribution in [0.25, 0.3) is 0 Å². The van der Waals surface area contributed by atoms with Crippen molar-refractivity contribution in [2.75, 3.05) is 0 Å². The third kappa shape index (κ3) is 4.67. The first-order valence-corrected chi connectivity index (χ1v) is 6.66. The van der Waals surface area contributed by atoms with Crippen molar-refractivity contribution in [1.82, 2.24) is 0 Å². The second-order valence-electron chi connectivity index (χ2n) is 4.54. The maximum atomic E-state index is 13.3. The molecule has 6 heteroatoms. The SMILES string of the molecule is CCC(F)(F)Sc1cc(C(C)C)cc(C(F)(F)F)c1. The summed E-state index contributed by atoms with van der Waals surface area (Å²) in [7, 11) is 0. The predicted octanol–water partition coefficient (Wildman–Crippen LogP) is 5.92. The van der Waals surface area contributed by atoms with Crippen molar-refractivity contribution in [3.05, 3.63) is 29.3 Å². The average Bonchev–Trinajstić information content (AvgIpc) is 2.26. The number of benzene rings is 1. The first-order valence-electron chi connectivity index (χ1n) is 5.84. The topological polar surface area (TPSA) is 0 Å². The molecule has 0 heterocycles. The Labute approximate surface area is 113 Å². The number of alkyl halides is 5. The highest BCUT2D eigenvalue weighted by Crippen LogP contribution is 2.41. The predicted molar refractivity (Wildman–Crippen MR) is 66.6 cm³/mol. The van der Waals surface area contributed by atoms with Gasteiger partial charge in [-0.2, -0.15) is 22.0 Å². The summed E-state index contributed by atoms with van der Waals surface area (Å²) in [5.74, 6) is -0.156. The molecular weight excluding hydrogens is 283 g/mol. The van der Waals surface area contributed by atoms with Crippen molar-refractivity contribution in [3.8, 4) is 0 Å². The Morgan fingerprint density at radius 3 is 2.05 bits per heavy atom. The standard InChI is InChI=1S/C13H15F5S/c1-4-12(14,15)19-11-6-9(8(2)3)5-10(7-11)13(16,17)18/h5-8H,4H2,1-3H3. The van der Waals surface area contributed by atoms with Gasteiger partial charge < -0.3 is 0 Å². The van der Waals surface area contributed by atoms with Crippen molar-refractivity contribution in [1.29, 1.82) is 0 Å². The second kappa shape index (κ2) is 5.69. The molecule has 0 spiro atoms. The highest BCUT2D eigenvalue weighted by Gasteiger charge is 2.33. The molecule has 0 saturated heterocycles. The Morgan fingerprint density at radius 2 is 1.63 bits per heavy atom. The molecule has 1 aromatic rings. The Kier molecular flexibility index (Phi) is 4.87. The summed E-state index contributed by atoms with van der Waals surface area (Å²) >= 11 is 0.174. The molecule has 0 atom stereocenters. The summed E-state index contributed by atoms with van der Waals surface area (Å²) in [5, 5.41) is -3.06. The quantitative estimate of drug-likeness (QED) is 0.491. The summed E-state index contributed by atoms with van der Waals surface area (Å²) < 4.78 is 64.8. The van der Waals surface area contributed by atoms with Gasteiger partial charge in [-0.05, 0) is 29.7 Å². The molecule has 0 aromatic heterocycles. The fourth-order valence-electron chi connectivity index (χ4n) is 1.42. The minimum absolute atomic E-state index is 0.0506. The Hall–Kier alpha value is -0.780. The zero-order valence-corrected chi connectivity index (χ0v) is 11.6.